The van der Waals surface area contributed by atoms with Gasteiger partial charge in [-0.2, -0.15) is 0 Å². The van der Waals surface area contributed by atoms with Gasteiger partial charge in [0.15, 0.2) is 9.84 Å². The molecule has 1 N–H and O–H groups in total. The Hall–Kier alpha value is -0.880. The van der Waals surface area contributed by atoms with Crippen LogP contribution in [0, 0.1) is 6.92 Å². The highest BCUT2D eigenvalue weighted by Gasteiger charge is 2.26. The SMILES string of the molecule is Cc1cccc(C(=O)NC2CCCS(=O)(=O)C2)c1Br. The fraction of sp³-hybridized carbons (Fsp3) is 0.462. The summed E-state index contributed by atoms with van der Waals surface area (Å²) in [5.74, 6) is 0.0491. The van der Waals surface area contributed by atoms with Crippen LogP contribution in [0.4, 0.5) is 0 Å². The molecule has 1 atom stereocenters. The minimum absolute atomic E-state index is 0.0438. The van der Waals surface area contributed by atoms with Crippen LogP contribution in [-0.4, -0.2) is 31.9 Å². The van der Waals surface area contributed by atoms with E-state index >= 15 is 0 Å². The highest BCUT2D eigenvalue weighted by atomic mass is 79.9. The van der Waals surface area contributed by atoms with Gasteiger partial charge in [0.25, 0.3) is 5.91 Å². The standard InChI is InChI=1S/C13H16BrNO3S/c1-9-4-2-6-11(12(9)14)13(16)15-10-5-3-7-19(17,18)8-10/h2,4,6,10H,3,5,7-8H2,1H3,(H,15,16). The molecule has 0 aliphatic carbocycles. The third kappa shape index (κ3) is 3.57. The molecule has 1 unspecified atom stereocenters. The summed E-state index contributed by atoms with van der Waals surface area (Å²) in [6.45, 7) is 1.91. The molecule has 1 saturated heterocycles. The fourth-order valence-electron chi connectivity index (χ4n) is 2.22. The van der Waals surface area contributed by atoms with Crippen LogP contribution in [-0.2, 0) is 9.84 Å². The van der Waals surface area contributed by atoms with E-state index in [9.17, 15) is 13.2 Å². The topological polar surface area (TPSA) is 63.2 Å². The van der Waals surface area contributed by atoms with Crippen LogP contribution in [0.2, 0.25) is 0 Å². The fourth-order valence-corrected chi connectivity index (χ4v) is 4.30. The van der Waals surface area contributed by atoms with Gasteiger partial charge in [0.05, 0.1) is 17.1 Å². The first kappa shape index (κ1) is 14.5. The van der Waals surface area contributed by atoms with Gasteiger partial charge in [0.2, 0.25) is 0 Å². The smallest absolute Gasteiger partial charge is 0.252 e. The van der Waals surface area contributed by atoms with Gasteiger partial charge in [-0.1, -0.05) is 12.1 Å². The Kier molecular flexibility index (Phi) is 4.30. The number of rotatable bonds is 2. The van der Waals surface area contributed by atoms with Gasteiger partial charge in [-0.25, -0.2) is 8.42 Å². The first-order valence-corrected chi connectivity index (χ1v) is 8.77. The highest BCUT2D eigenvalue weighted by molar-refractivity contribution is 9.10. The van der Waals surface area contributed by atoms with Crippen LogP contribution in [0.25, 0.3) is 0 Å². The van der Waals surface area contributed by atoms with Crippen molar-refractivity contribution in [2.75, 3.05) is 11.5 Å². The number of hydrogen-bond acceptors (Lipinski definition) is 3. The number of halogens is 1. The molecule has 0 saturated carbocycles. The molecule has 0 spiro atoms. The van der Waals surface area contributed by atoms with Gasteiger partial charge >= 0.3 is 0 Å². The lowest BCUT2D eigenvalue weighted by atomic mass is 10.1. The van der Waals surface area contributed by atoms with E-state index in [0.717, 1.165) is 10.0 Å². The predicted octanol–water partition coefficient (Wildman–Crippen LogP) is 2.06. The quantitative estimate of drug-likeness (QED) is 0.892. The van der Waals surface area contributed by atoms with E-state index in [1.165, 1.54) is 0 Å². The number of benzene rings is 1. The van der Waals surface area contributed by atoms with Crippen molar-refractivity contribution in [2.24, 2.45) is 0 Å². The Morgan fingerprint density at radius 2 is 2.16 bits per heavy atom. The zero-order valence-electron chi connectivity index (χ0n) is 10.6. The summed E-state index contributed by atoms with van der Waals surface area (Å²) in [5, 5.41) is 2.81. The number of amides is 1. The van der Waals surface area contributed by atoms with Crippen LogP contribution >= 0.6 is 15.9 Å². The van der Waals surface area contributed by atoms with Crippen LogP contribution in [0.3, 0.4) is 0 Å². The zero-order chi connectivity index (χ0) is 14.0. The van der Waals surface area contributed by atoms with Crippen molar-refractivity contribution < 1.29 is 13.2 Å². The van der Waals surface area contributed by atoms with Gasteiger partial charge in [-0.3, -0.25) is 4.79 Å². The Labute approximate surface area is 121 Å². The second-order valence-corrected chi connectivity index (χ2v) is 7.89. The average Bonchev–Trinajstić information content (AvgIpc) is 2.31. The van der Waals surface area contributed by atoms with Gasteiger partial charge in [-0.15, -0.1) is 0 Å². The number of carbonyl (C=O) groups excluding carboxylic acids is 1. The predicted molar refractivity (Wildman–Crippen MR) is 78.0 cm³/mol. The first-order chi connectivity index (χ1) is 8.89. The van der Waals surface area contributed by atoms with Gasteiger partial charge in [-0.05, 0) is 47.3 Å². The molecule has 104 valence electrons. The van der Waals surface area contributed by atoms with E-state index < -0.39 is 9.84 Å². The molecule has 2 rings (SSSR count). The van der Waals surface area contributed by atoms with Crippen LogP contribution in [0.1, 0.15) is 28.8 Å². The summed E-state index contributed by atoms with van der Waals surface area (Å²) in [6.07, 6.45) is 1.33. The van der Waals surface area contributed by atoms with Crippen molar-refractivity contribution in [1.29, 1.82) is 0 Å². The van der Waals surface area contributed by atoms with E-state index in [4.69, 9.17) is 0 Å². The Morgan fingerprint density at radius 3 is 2.84 bits per heavy atom. The number of hydrogen-bond donors (Lipinski definition) is 1. The maximum absolute atomic E-state index is 12.2. The molecule has 4 nitrogen and oxygen atoms in total. The van der Waals surface area contributed by atoms with Crippen molar-refractivity contribution in [3.8, 4) is 0 Å². The molecule has 1 heterocycles. The van der Waals surface area contributed by atoms with Gasteiger partial charge < -0.3 is 5.32 Å². The summed E-state index contributed by atoms with van der Waals surface area (Å²) in [6, 6.07) is 5.17. The molecule has 1 aliphatic heterocycles. The van der Waals surface area contributed by atoms with E-state index in [0.29, 0.717) is 18.4 Å². The molecule has 0 radical (unpaired) electrons. The second-order valence-electron chi connectivity index (χ2n) is 4.86. The zero-order valence-corrected chi connectivity index (χ0v) is 13.1. The second kappa shape index (κ2) is 5.63. The summed E-state index contributed by atoms with van der Waals surface area (Å²) < 4.78 is 23.8. The third-order valence-corrected chi connectivity index (χ3v) is 6.11. The number of nitrogens with one attached hydrogen (secondary N) is 1. The maximum atomic E-state index is 12.2. The van der Waals surface area contributed by atoms with E-state index in [1.54, 1.807) is 6.07 Å². The van der Waals surface area contributed by atoms with Gasteiger partial charge in [0.1, 0.15) is 0 Å². The molecular formula is C13H16BrNO3S. The van der Waals surface area contributed by atoms with E-state index in [1.807, 2.05) is 19.1 Å². The Morgan fingerprint density at radius 1 is 1.42 bits per heavy atom. The van der Waals surface area contributed by atoms with Crippen molar-refractivity contribution in [2.45, 2.75) is 25.8 Å². The van der Waals surface area contributed by atoms with E-state index in [2.05, 4.69) is 21.2 Å². The lowest BCUT2D eigenvalue weighted by molar-refractivity contribution is 0.0937. The molecule has 1 aromatic carbocycles. The Balaban J connectivity index is 2.11. The molecule has 6 heteroatoms. The number of carbonyl (C=O) groups is 1. The van der Waals surface area contributed by atoms with Gasteiger partial charge in [0, 0.05) is 10.5 Å². The largest absolute Gasteiger partial charge is 0.348 e. The highest BCUT2D eigenvalue weighted by Crippen LogP contribution is 2.21. The van der Waals surface area contributed by atoms with Crippen LogP contribution in [0.15, 0.2) is 22.7 Å². The van der Waals surface area contributed by atoms with Crippen LogP contribution < -0.4 is 5.32 Å². The molecule has 0 bridgehead atoms. The molecule has 1 amide bonds. The maximum Gasteiger partial charge on any atom is 0.252 e. The van der Waals surface area contributed by atoms with Crippen molar-refractivity contribution in [3.05, 3.63) is 33.8 Å². The lowest BCUT2D eigenvalue weighted by Gasteiger charge is -2.23. The summed E-state index contributed by atoms with van der Waals surface area (Å²) >= 11 is 3.39. The monoisotopic (exact) mass is 345 g/mol. The van der Waals surface area contributed by atoms with Crippen molar-refractivity contribution in [1.82, 2.24) is 5.32 Å². The number of sulfone groups is 1. The summed E-state index contributed by atoms with van der Waals surface area (Å²) in [7, 11) is -3.00. The normalized spacial score (nSPS) is 21.9. The summed E-state index contributed by atoms with van der Waals surface area (Å²) in [5.41, 5.74) is 1.52. The minimum Gasteiger partial charge on any atom is -0.348 e. The average molecular weight is 346 g/mol. The lowest BCUT2D eigenvalue weighted by Crippen LogP contribution is -2.43. The molecule has 19 heavy (non-hydrogen) atoms. The van der Waals surface area contributed by atoms with E-state index in [-0.39, 0.29) is 23.5 Å². The van der Waals surface area contributed by atoms with Crippen LogP contribution in [0.5, 0.6) is 0 Å². The Bertz CT molecular complexity index is 598. The first-order valence-electron chi connectivity index (χ1n) is 6.15. The third-order valence-electron chi connectivity index (χ3n) is 3.23. The molecule has 1 fully saturated rings. The molecular weight excluding hydrogens is 330 g/mol. The van der Waals surface area contributed by atoms with Crippen molar-refractivity contribution in [3.63, 3.8) is 0 Å². The molecule has 1 aromatic rings. The summed E-state index contributed by atoms with van der Waals surface area (Å²) in [4.78, 5) is 12.2. The molecule has 1 aliphatic rings. The number of aryl methyl sites for hydroxylation is 1. The van der Waals surface area contributed by atoms with Crippen molar-refractivity contribution >= 4 is 31.7 Å². The minimum atomic E-state index is -3.00. The molecule has 0 aromatic heterocycles.